The standard InChI is InChI=1S/C32H34O7/c1-15(2)23-26(35)21(17(4)33)28(37)32(39)29(38)24-27(36)22-20(13-30(24,5)14-31(23,32)6)19(12-16(3)25(22)34)18-10-8-7-9-11-18/h7-12,15,23,34,36-37,39H,13-14H2,1-6H3/t23?,30-,31-,32+/m1/s1. The number of aryl methyl sites for hydroxylation is 1. The van der Waals surface area contributed by atoms with Crippen molar-refractivity contribution in [3.8, 4) is 16.9 Å². The number of Topliss-reactive ketones (excluding diaryl/α,β-unsaturated/α-hetero) is 3. The molecule has 3 aliphatic carbocycles. The first-order chi connectivity index (χ1) is 18.1. The van der Waals surface area contributed by atoms with Gasteiger partial charge in [0.25, 0.3) is 0 Å². The zero-order valence-electron chi connectivity index (χ0n) is 23.0. The van der Waals surface area contributed by atoms with E-state index in [2.05, 4.69) is 0 Å². The van der Waals surface area contributed by atoms with Gasteiger partial charge in [-0.15, -0.1) is 0 Å². The zero-order chi connectivity index (χ0) is 28.8. The van der Waals surface area contributed by atoms with Crippen molar-refractivity contribution < 1.29 is 34.8 Å². The number of hydrogen-bond acceptors (Lipinski definition) is 7. The molecular formula is C32H34O7. The summed E-state index contributed by atoms with van der Waals surface area (Å²) in [5, 5.41) is 46.2. The van der Waals surface area contributed by atoms with Crippen molar-refractivity contribution in [3.05, 3.63) is 70.0 Å². The molecule has 1 fully saturated rings. The van der Waals surface area contributed by atoms with Gasteiger partial charge in [-0.3, -0.25) is 14.4 Å². The van der Waals surface area contributed by atoms with Crippen molar-refractivity contribution in [3.63, 3.8) is 0 Å². The molecule has 0 heterocycles. The van der Waals surface area contributed by atoms with E-state index in [1.165, 1.54) is 0 Å². The number of carbonyl (C=O) groups is 3. The lowest BCUT2D eigenvalue weighted by Gasteiger charge is -2.59. The smallest absolute Gasteiger partial charge is 0.203 e. The van der Waals surface area contributed by atoms with Crippen LogP contribution in [-0.2, 0) is 20.8 Å². The summed E-state index contributed by atoms with van der Waals surface area (Å²) in [6.07, 6.45) is 0.300. The van der Waals surface area contributed by atoms with Gasteiger partial charge in [-0.2, -0.15) is 0 Å². The maximum Gasteiger partial charge on any atom is 0.203 e. The second-order valence-electron chi connectivity index (χ2n) is 12.3. The highest BCUT2D eigenvalue weighted by Gasteiger charge is 2.72. The van der Waals surface area contributed by atoms with Crippen LogP contribution >= 0.6 is 0 Å². The van der Waals surface area contributed by atoms with Crippen LogP contribution in [0, 0.1) is 29.6 Å². The number of carbonyl (C=O) groups excluding carboxylic acids is 3. The molecule has 0 aliphatic heterocycles. The highest BCUT2D eigenvalue weighted by molar-refractivity contribution is 6.24. The van der Waals surface area contributed by atoms with E-state index in [-0.39, 0.29) is 35.6 Å². The fraction of sp³-hybridized carbons (Fsp3) is 0.406. The van der Waals surface area contributed by atoms with Crippen molar-refractivity contribution in [2.24, 2.45) is 22.7 Å². The number of phenolic OH excluding ortho intramolecular Hbond substituents is 1. The third-order valence-electron chi connectivity index (χ3n) is 9.28. The first kappa shape index (κ1) is 26.9. The van der Waals surface area contributed by atoms with Crippen LogP contribution in [0.1, 0.15) is 57.7 Å². The minimum Gasteiger partial charge on any atom is -0.508 e. The lowest BCUT2D eigenvalue weighted by atomic mass is 9.43. The number of ketones is 3. The zero-order valence-corrected chi connectivity index (χ0v) is 23.0. The number of aliphatic hydroxyl groups excluding tert-OH is 2. The molecule has 7 heteroatoms. The molecule has 4 N–H and O–H groups in total. The second-order valence-corrected chi connectivity index (χ2v) is 12.3. The van der Waals surface area contributed by atoms with Crippen LogP contribution in [-0.4, -0.2) is 43.4 Å². The van der Waals surface area contributed by atoms with Gasteiger partial charge in [0.2, 0.25) is 5.78 Å². The van der Waals surface area contributed by atoms with Crippen molar-refractivity contribution >= 4 is 23.1 Å². The Morgan fingerprint density at radius 1 is 1.05 bits per heavy atom. The van der Waals surface area contributed by atoms with Gasteiger partial charge >= 0.3 is 0 Å². The lowest BCUT2D eigenvalue weighted by molar-refractivity contribution is -0.178. The Hall–Kier alpha value is -3.71. The summed E-state index contributed by atoms with van der Waals surface area (Å²) in [7, 11) is 0. The summed E-state index contributed by atoms with van der Waals surface area (Å²) in [5.41, 5.74) is -2.90. The molecule has 3 aliphatic rings. The third kappa shape index (κ3) is 3.29. The molecule has 39 heavy (non-hydrogen) atoms. The number of fused-ring (bicyclic) bond motifs is 3. The van der Waals surface area contributed by atoms with Crippen LogP contribution in [0.5, 0.6) is 5.75 Å². The SMILES string of the molecule is CC(=O)C1=C(O)[C@]2(O)C(=O)C3=C(O)c4c(O)c(C)cc(-c5ccccc5)c4C[C@]3(C)C[C@]2(C)C(C(C)C)C1=O. The molecule has 0 radical (unpaired) electrons. The van der Waals surface area contributed by atoms with E-state index >= 15 is 0 Å². The summed E-state index contributed by atoms with van der Waals surface area (Å²) in [6, 6.07) is 11.4. The summed E-state index contributed by atoms with van der Waals surface area (Å²) in [4.78, 5) is 40.5. The van der Waals surface area contributed by atoms with Crippen LogP contribution in [0.25, 0.3) is 16.9 Å². The van der Waals surface area contributed by atoms with Gasteiger partial charge in [0.15, 0.2) is 17.2 Å². The maximum atomic E-state index is 14.4. The van der Waals surface area contributed by atoms with Gasteiger partial charge < -0.3 is 20.4 Å². The fourth-order valence-electron chi connectivity index (χ4n) is 7.80. The van der Waals surface area contributed by atoms with E-state index < -0.39 is 56.8 Å². The van der Waals surface area contributed by atoms with E-state index in [0.29, 0.717) is 11.1 Å². The molecule has 1 saturated carbocycles. The Kier molecular flexibility index (Phi) is 5.78. The number of aromatic hydroxyl groups is 1. The van der Waals surface area contributed by atoms with Gasteiger partial charge in [0.1, 0.15) is 22.8 Å². The van der Waals surface area contributed by atoms with E-state index in [0.717, 1.165) is 18.1 Å². The van der Waals surface area contributed by atoms with Crippen LogP contribution < -0.4 is 0 Å². The molecule has 204 valence electrons. The Labute approximate surface area is 227 Å². The predicted octanol–water partition coefficient (Wildman–Crippen LogP) is 5.17. The van der Waals surface area contributed by atoms with E-state index in [9.17, 15) is 34.8 Å². The number of allylic oxidation sites excluding steroid dienone is 1. The molecule has 0 bridgehead atoms. The number of benzene rings is 2. The lowest BCUT2D eigenvalue weighted by Crippen LogP contribution is -2.69. The van der Waals surface area contributed by atoms with Gasteiger partial charge in [-0.25, -0.2) is 0 Å². The minimum atomic E-state index is -2.61. The summed E-state index contributed by atoms with van der Waals surface area (Å²) < 4.78 is 0. The average Bonchev–Trinajstić information content (AvgIpc) is 2.83. The number of hydrogen-bond donors (Lipinski definition) is 4. The van der Waals surface area contributed by atoms with Gasteiger partial charge in [0, 0.05) is 22.3 Å². The third-order valence-corrected chi connectivity index (χ3v) is 9.28. The number of rotatable bonds is 3. The molecule has 0 aromatic heterocycles. The molecule has 0 amide bonds. The molecule has 5 rings (SSSR count). The average molecular weight is 531 g/mol. The van der Waals surface area contributed by atoms with Crippen LogP contribution in [0.2, 0.25) is 0 Å². The number of phenols is 1. The van der Waals surface area contributed by atoms with E-state index in [4.69, 9.17) is 0 Å². The van der Waals surface area contributed by atoms with Crippen LogP contribution in [0.4, 0.5) is 0 Å². The Bertz CT molecular complexity index is 1530. The molecule has 4 atom stereocenters. The van der Waals surface area contributed by atoms with Crippen molar-refractivity contribution in [1.29, 1.82) is 0 Å². The van der Waals surface area contributed by atoms with Crippen molar-refractivity contribution in [1.82, 2.24) is 0 Å². The predicted molar refractivity (Wildman–Crippen MR) is 146 cm³/mol. The van der Waals surface area contributed by atoms with Crippen molar-refractivity contribution in [2.75, 3.05) is 0 Å². The topological polar surface area (TPSA) is 132 Å². The summed E-state index contributed by atoms with van der Waals surface area (Å²) in [5.74, 6) is -5.20. The molecular weight excluding hydrogens is 496 g/mol. The highest BCUT2D eigenvalue weighted by Crippen LogP contribution is 2.65. The van der Waals surface area contributed by atoms with Gasteiger partial charge in [0.05, 0.1) is 5.56 Å². The summed E-state index contributed by atoms with van der Waals surface area (Å²) >= 11 is 0. The van der Waals surface area contributed by atoms with Gasteiger partial charge in [-0.1, -0.05) is 58.0 Å². The Morgan fingerprint density at radius 2 is 1.67 bits per heavy atom. The first-order valence-electron chi connectivity index (χ1n) is 13.2. The normalized spacial score (nSPS) is 30.3. The fourth-order valence-corrected chi connectivity index (χ4v) is 7.80. The van der Waals surface area contributed by atoms with Crippen LogP contribution in [0.15, 0.2) is 53.3 Å². The van der Waals surface area contributed by atoms with Gasteiger partial charge in [-0.05, 0) is 60.9 Å². The molecule has 0 spiro atoms. The molecule has 2 aromatic carbocycles. The second kappa shape index (κ2) is 8.39. The molecule has 1 unspecified atom stereocenters. The molecule has 7 nitrogen and oxygen atoms in total. The maximum absolute atomic E-state index is 14.4. The quantitative estimate of drug-likeness (QED) is 0.403. The van der Waals surface area contributed by atoms with E-state index in [1.807, 2.05) is 36.4 Å². The Balaban J connectivity index is 1.86. The minimum absolute atomic E-state index is 0.0633. The monoisotopic (exact) mass is 530 g/mol. The highest BCUT2D eigenvalue weighted by atomic mass is 16.3. The van der Waals surface area contributed by atoms with E-state index in [1.54, 1.807) is 34.6 Å². The Morgan fingerprint density at radius 3 is 2.23 bits per heavy atom. The summed E-state index contributed by atoms with van der Waals surface area (Å²) in [6.45, 7) is 9.81. The van der Waals surface area contributed by atoms with Crippen molar-refractivity contribution in [2.45, 2.75) is 60.0 Å². The van der Waals surface area contributed by atoms with Crippen LogP contribution in [0.3, 0.4) is 0 Å². The molecule has 0 saturated heterocycles. The first-order valence-corrected chi connectivity index (χ1v) is 13.2. The largest absolute Gasteiger partial charge is 0.508 e. The molecule has 2 aromatic rings. The number of aliphatic hydroxyl groups is 3.